The molecule has 2 heterocycles. The quantitative estimate of drug-likeness (QED) is 0.412. The normalized spacial score (nSPS) is 39.1. The fraction of sp³-hybridized carbons (Fsp3) is 0.742. The van der Waals surface area contributed by atoms with Gasteiger partial charge < -0.3 is 24.6 Å². The van der Waals surface area contributed by atoms with E-state index in [0.717, 1.165) is 38.2 Å². The van der Waals surface area contributed by atoms with Gasteiger partial charge in [-0.2, -0.15) is 0 Å². The van der Waals surface area contributed by atoms with E-state index in [1.54, 1.807) is 7.11 Å². The lowest BCUT2D eigenvalue weighted by atomic mass is 9.54. The molecule has 0 amide bonds. The number of aliphatic hydroxyl groups excluding tert-OH is 2. The van der Waals surface area contributed by atoms with E-state index >= 15 is 0 Å². The van der Waals surface area contributed by atoms with Crippen LogP contribution in [0, 0.1) is 16.7 Å². The molecule has 2 N–H and O–H groups in total. The van der Waals surface area contributed by atoms with Crippen LogP contribution in [-0.2, 0) is 19.1 Å². The predicted molar refractivity (Wildman–Crippen MR) is 146 cm³/mol. The molecule has 4 aliphatic carbocycles. The lowest BCUT2D eigenvalue weighted by molar-refractivity contribution is -0.156. The van der Waals surface area contributed by atoms with Crippen LogP contribution < -0.4 is 0 Å². The fourth-order valence-electron chi connectivity index (χ4n) is 8.75. The number of allylic oxidation sites excluding steroid dienone is 1. The van der Waals surface area contributed by atoms with Crippen LogP contribution in [0.2, 0.25) is 0 Å². The van der Waals surface area contributed by atoms with E-state index < -0.39 is 23.6 Å². The van der Waals surface area contributed by atoms with Gasteiger partial charge in [-0.3, -0.25) is 9.69 Å². The Hall–Kier alpha value is -2.16. The van der Waals surface area contributed by atoms with Crippen LogP contribution in [0.1, 0.15) is 71.6 Å². The molecule has 0 bridgehead atoms. The second kappa shape index (κ2) is 10.0. The molecule has 2 saturated heterocycles. The van der Waals surface area contributed by atoms with Crippen molar-refractivity contribution in [1.82, 2.24) is 9.80 Å². The highest BCUT2D eigenvalue weighted by atomic mass is 16.6. The molecular weight excluding hydrogens is 496 g/mol. The van der Waals surface area contributed by atoms with Crippen molar-refractivity contribution in [2.75, 3.05) is 39.9 Å². The number of aliphatic hydroxyl groups is 2. The van der Waals surface area contributed by atoms with Gasteiger partial charge in [0, 0.05) is 62.1 Å². The van der Waals surface area contributed by atoms with E-state index in [1.165, 1.54) is 32.1 Å². The number of methoxy groups -OCH3 is 1. The summed E-state index contributed by atoms with van der Waals surface area (Å²) in [5.41, 5.74) is 0.987. The summed E-state index contributed by atoms with van der Waals surface area (Å²) < 4.78 is 11.5. The highest BCUT2D eigenvalue weighted by Gasteiger charge is 2.61. The van der Waals surface area contributed by atoms with Crippen LogP contribution in [0.25, 0.3) is 0 Å². The van der Waals surface area contributed by atoms with E-state index in [2.05, 4.69) is 16.7 Å². The van der Waals surface area contributed by atoms with Crippen molar-refractivity contribution in [1.29, 1.82) is 0 Å². The van der Waals surface area contributed by atoms with Crippen molar-refractivity contribution < 1.29 is 29.3 Å². The van der Waals surface area contributed by atoms with Gasteiger partial charge in [-0.1, -0.05) is 26.2 Å². The van der Waals surface area contributed by atoms with Crippen LogP contribution in [0.15, 0.2) is 34.3 Å². The van der Waals surface area contributed by atoms with Gasteiger partial charge >= 0.3 is 5.97 Å². The molecule has 214 valence electrons. The molecule has 0 aromatic heterocycles. The van der Waals surface area contributed by atoms with Crippen LogP contribution in [-0.4, -0.2) is 89.9 Å². The van der Waals surface area contributed by atoms with Gasteiger partial charge in [-0.15, -0.1) is 0 Å². The Labute approximate surface area is 231 Å². The molecule has 0 aromatic rings. The van der Waals surface area contributed by atoms with Crippen LogP contribution in [0.3, 0.4) is 0 Å². The Morgan fingerprint density at radius 1 is 1.05 bits per heavy atom. The molecule has 8 heteroatoms. The first-order chi connectivity index (χ1) is 18.7. The number of nitrogens with zero attached hydrogens (tertiary/aromatic N) is 2. The summed E-state index contributed by atoms with van der Waals surface area (Å²) in [5, 5.41) is 22.4. The first kappa shape index (κ1) is 27.0. The molecule has 6 rings (SSSR count). The summed E-state index contributed by atoms with van der Waals surface area (Å²) in [6.07, 6.45) is 9.93. The van der Waals surface area contributed by atoms with Crippen LogP contribution >= 0.6 is 0 Å². The molecule has 0 aromatic carbocycles. The minimum absolute atomic E-state index is 0.120. The monoisotopic (exact) mass is 540 g/mol. The zero-order valence-electron chi connectivity index (χ0n) is 23.7. The van der Waals surface area contributed by atoms with Crippen molar-refractivity contribution in [2.24, 2.45) is 16.7 Å². The third kappa shape index (κ3) is 4.12. The number of ketones is 1. The second-order valence-electron chi connectivity index (χ2n) is 13.1. The summed E-state index contributed by atoms with van der Waals surface area (Å²) in [7, 11) is 1.58. The summed E-state index contributed by atoms with van der Waals surface area (Å²) in [5.74, 6) is -1.36. The summed E-state index contributed by atoms with van der Waals surface area (Å²) in [4.78, 5) is 32.1. The minimum atomic E-state index is -0.873. The molecule has 5 atom stereocenters. The molecule has 2 saturated carbocycles. The molecule has 4 fully saturated rings. The first-order valence-electron chi connectivity index (χ1n) is 15.0. The summed E-state index contributed by atoms with van der Waals surface area (Å²) >= 11 is 0. The number of fused-ring (bicyclic) bond motifs is 4. The van der Waals surface area contributed by atoms with Gasteiger partial charge in [-0.05, 0) is 56.9 Å². The molecular formula is C31H44N2O6. The first-order valence-corrected chi connectivity index (χ1v) is 15.0. The van der Waals surface area contributed by atoms with Gasteiger partial charge in [-0.25, -0.2) is 4.79 Å². The van der Waals surface area contributed by atoms with E-state index in [9.17, 15) is 19.8 Å². The zero-order chi connectivity index (χ0) is 27.5. The van der Waals surface area contributed by atoms with Gasteiger partial charge in [0.25, 0.3) is 0 Å². The van der Waals surface area contributed by atoms with Crippen LogP contribution in [0.4, 0.5) is 0 Å². The third-order valence-electron chi connectivity index (χ3n) is 11.2. The maximum atomic E-state index is 13.9. The summed E-state index contributed by atoms with van der Waals surface area (Å²) in [6, 6.07) is 0.658. The van der Waals surface area contributed by atoms with Crippen molar-refractivity contribution in [3.63, 3.8) is 0 Å². The Bertz CT molecular complexity index is 1130. The topological polar surface area (TPSA) is 99.5 Å². The van der Waals surface area contributed by atoms with Crippen molar-refractivity contribution in [2.45, 2.75) is 89.9 Å². The van der Waals surface area contributed by atoms with Gasteiger partial charge in [0.2, 0.25) is 5.78 Å². The predicted octanol–water partition coefficient (Wildman–Crippen LogP) is 3.66. The van der Waals surface area contributed by atoms with Gasteiger partial charge in [0.15, 0.2) is 5.76 Å². The third-order valence-corrected chi connectivity index (χ3v) is 11.2. The molecule has 0 radical (unpaired) electrons. The standard InChI is InChI=1S/C31H44N2O6/c1-30-12-11-22-25(21(30)9-10-23(30)34)27(35)28(36)26-20(29(37)39-24(18-38-3)31(22,26)2)17-32-13-15-33(16-14-32)19-7-5-4-6-8-19/h17,19,21,23-24,34,36H,4-16,18H2,1-3H3/b20-17+/t21?,23-,24+,30-,31-/m0/s1. The smallest absolute Gasteiger partial charge is 0.340 e. The number of hydrogen-bond acceptors (Lipinski definition) is 8. The molecule has 39 heavy (non-hydrogen) atoms. The Balaban J connectivity index is 1.35. The van der Waals surface area contributed by atoms with Crippen molar-refractivity contribution in [3.05, 3.63) is 34.3 Å². The molecule has 8 nitrogen and oxygen atoms in total. The number of ether oxygens (including phenoxy) is 2. The summed E-state index contributed by atoms with van der Waals surface area (Å²) in [6.45, 7) is 7.70. The number of carbonyl (C=O) groups is 2. The molecule has 6 aliphatic rings. The highest BCUT2D eigenvalue weighted by Crippen LogP contribution is 2.62. The van der Waals surface area contributed by atoms with E-state index in [-0.39, 0.29) is 35.1 Å². The van der Waals surface area contributed by atoms with Crippen molar-refractivity contribution in [3.8, 4) is 0 Å². The van der Waals surface area contributed by atoms with Crippen LogP contribution in [0.5, 0.6) is 0 Å². The second-order valence-corrected chi connectivity index (χ2v) is 13.1. The average molecular weight is 541 g/mol. The lowest BCUT2D eigenvalue weighted by Crippen LogP contribution is -2.54. The number of cyclic esters (lactones) is 1. The van der Waals surface area contributed by atoms with E-state index in [1.807, 2.05) is 13.1 Å². The number of esters is 1. The van der Waals surface area contributed by atoms with Gasteiger partial charge in [0.05, 0.1) is 23.7 Å². The number of Topliss-reactive ketones (excluding diaryl/α,β-unsaturated/α-hetero) is 1. The number of hydrogen-bond donors (Lipinski definition) is 2. The largest absolute Gasteiger partial charge is 0.504 e. The maximum absolute atomic E-state index is 13.9. The Morgan fingerprint density at radius 3 is 2.46 bits per heavy atom. The maximum Gasteiger partial charge on any atom is 0.340 e. The van der Waals surface area contributed by atoms with Crippen molar-refractivity contribution >= 4 is 11.8 Å². The lowest BCUT2D eigenvalue weighted by Gasteiger charge is -2.52. The van der Waals surface area contributed by atoms with E-state index in [4.69, 9.17) is 9.47 Å². The van der Waals surface area contributed by atoms with E-state index in [0.29, 0.717) is 36.5 Å². The highest BCUT2D eigenvalue weighted by molar-refractivity contribution is 6.12. The zero-order valence-corrected chi connectivity index (χ0v) is 23.7. The number of rotatable bonds is 4. The fourth-order valence-corrected chi connectivity index (χ4v) is 8.75. The molecule has 1 unspecified atom stereocenters. The molecule has 2 aliphatic heterocycles. The average Bonchev–Trinajstić information content (AvgIpc) is 3.25. The Kier molecular flexibility index (Phi) is 6.96. The Morgan fingerprint density at radius 2 is 1.77 bits per heavy atom. The number of carbonyl (C=O) groups excluding carboxylic acids is 2. The molecule has 0 spiro atoms. The number of piperazine rings is 1. The minimum Gasteiger partial charge on any atom is -0.504 e. The SMILES string of the molecule is COC[C@H]1OC(=O)/C(=C/N2CCN(C3CCCCC3)CC2)C2=C(O)C(=O)C3=C(CC[C@@]4(C)C3CC[C@@H]4O)[C@]21C. The van der Waals surface area contributed by atoms with Gasteiger partial charge in [0.1, 0.15) is 6.10 Å².